The summed E-state index contributed by atoms with van der Waals surface area (Å²) in [6.07, 6.45) is 8.82. The maximum Gasteiger partial charge on any atom is 0.225 e. The average molecular weight is 357 g/mol. The number of rotatable bonds is 5. The molecule has 4 rings (SSSR count). The van der Waals surface area contributed by atoms with Crippen LogP contribution in [0.25, 0.3) is 0 Å². The summed E-state index contributed by atoms with van der Waals surface area (Å²) in [6, 6.07) is 8.59. The number of anilines is 3. The van der Waals surface area contributed by atoms with E-state index in [1.165, 1.54) is 44.9 Å². The lowest BCUT2D eigenvalue weighted by Crippen LogP contribution is -2.23. The molecule has 0 amide bonds. The van der Waals surface area contributed by atoms with Crippen LogP contribution in [-0.4, -0.2) is 16.0 Å². The van der Waals surface area contributed by atoms with E-state index in [2.05, 4.69) is 22.8 Å². The van der Waals surface area contributed by atoms with Gasteiger partial charge in [0, 0.05) is 18.0 Å². The van der Waals surface area contributed by atoms with Crippen molar-refractivity contribution in [2.45, 2.75) is 63.8 Å². The quantitative estimate of drug-likeness (QED) is 0.710. The Kier molecular flexibility index (Phi) is 4.80. The van der Waals surface area contributed by atoms with Crippen molar-refractivity contribution in [3.8, 4) is 0 Å². The number of aromatic nitrogens is 2. The van der Waals surface area contributed by atoms with Crippen molar-refractivity contribution < 1.29 is 0 Å². The highest BCUT2D eigenvalue weighted by Gasteiger charge is 2.26. The van der Waals surface area contributed by atoms with Crippen LogP contribution in [0.5, 0.6) is 0 Å². The molecule has 0 radical (unpaired) electrons. The average Bonchev–Trinajstić information content (AvgIpc) is 3.43. The molecular weight excluding hydrogens is 332 g/mol. The van der Waals surface area contributed by atoms with Gasteiger partial charge < -0.3 is 10.6 Å². The second-order valence-electron chi connectivity index (χ2n) is 7.36. The van der Waals surface area contributed by atoms with Crippen LogP contribution in [0.3, 0.4) is 0 Å². The third-order valence-electron chi connectivity index (χ3n) is 5.07. The largest absolute Gasteiger partial charge is 0.351 e. The summed E-state index contributed by atoms with van der Waals surface area (Å²) in [5.41, 5.74) is 3.17. The molecule has 0 aliphatic heterocycles. The van der Waals surface area contributed by atoms with E-state index in [0.717, 1.165) is 28.7 Å². The van der Waals surface area contributed by atoms with E-state index in [0.29, 0.717) is 17.0 Å². The first kappa shape index (κ1) is 16.6. The maximum absolute atomic E-state index is 6.37. The molecule has 0 atom stereocenters. The Labute approximate surface area is 154 Å². The smallest absolute Gasteiger partial charge is 0.225 e. The second kappa shape index (κ2) is 7.20. The zero-order valence-corrected chi connectivity index (χ0v) is 15.4. The molecule has 25 heavy (non-hydrogen) atoms. The first-order chi connectivity index (χ1) is 12.2. The molecular formula is C20H25ClN4. The van der Waals surface area contributed by atoms with Crippen molar-refractivity contribution in [3.05, 3.63) is 40.5 Å². The fourth-order valence-corrected chi connectivity index (χ4v) is 3.75. The van der Waals surface area contributed by atoms with Crippen LogP contribution >= 0.6 is 11.6 Å². The van der Waals surface area contributed by atoms with E-state index in [9.17, 15) is 0 Å². The van der Waals surface area contributed by atoms with Crippen molar-refractivity contribution in [3.63, 3.8) is 0 Å². The molecule has 0 unspecified atom stereocenters. The van der Waals surface area contributed by atoms with E-state index in [1.54, 1.807) is 0 Å². The molecule has 2 aliphatic rings. The highest BCUT2D eigenvalue weighted by molar-refractivity contribution is 6.33. The van der Waals surface area contributed by atoms with Crippen LogP contribution in [0, 0.1) is 6.92 Å². The molecule has 1 aromatic carbocycles. The van der Waals surface area contributed by atoms with Crippen LogP contribution in [-0.2, 0) is 0 Å². The molecule has 0 bridgehead atoms. The molecule has 2 N–H and O–H groups in total. The predicted octanol–water partition coefficient (Wildman–Crippen LogP) is 5.80. The molecule has 5 heteroatoms. The van der Waals surface area contributed by atoms with Gasteiger partial charge in [-0.15, -0.1) is 0 Å². The summed E-state index contributed by atoms with van der Waals surface area (Å²) >= 11 is 6.37. The minimum absolute atomic E-state index is 0.499. The molecule has 0 spiro atoms. The Morgan fingerprint density at radius 1 is 1.00 bits per heavy atom. The number of aryl methyl sites for hydroxylation is 1. The zero-order valence-electron chi connectivity index (χ0n) is 14.7. The van der Waals surface area contributed by atoms with Gasteiger partial charge in [0.05, 0.1) is 16.4 Å². The number of hydrogen-bond acceptors (Lipinski definition) is 4. The molecule has 2 fully saturated rings. The number of nitrogens with zero attached hydrogens (tertiary/aromatic N) is 2. The highest BCUT2D eigenvalue weighted by atomic mass is 35.5. The molecule has 1 aromatic heterocycles. The Balaban J connectivity index is 1.57. The minimum atomic E-state index is 0.499. The fourth-order valence-electron chi connectivity index (χ4n) is 3.47. The standard InChI is InChI=1S/C20H25ClN4/c1-13-7-10-17(16(21)11-13)23-19-12-18(14-8-9-14)24-20(25-19)22-15-5-3-2-4-6-15/h7,10-12,14-15H,2-6,8-9H2,1H3,(H2,22,23,24,25). The molecule has 2 aromatic rings. The summed E-state index contributed by atoms with van der Waals surface area (Å²) in [6.45, 7) is 2.04. The maximum atomic E-state index is 6.37. The van der Waals surface area contributed by atoms with Crippen LogP contribution < -0.4 is 10.6 Å². The third-order valence-corrected chi connectivity index (χ3v) is 5.38. The van der Waals surface area contributed by atoms with Gasteiger partial charge in [-0.3, -0.25) is 0 Å². The third kappa shape index (κ3) is 4.24. The SMILES string of the molecule is Cc1ccc(Nc2cc(C3CC3)nc(NC3CCCCC3)n2)c(Cl)c1. The van der Waals surface area contributed by atoms with Gasteiger partial charge in [0.2, 0.25) is 5.95 Å². The lowest BCUT2D eigenvalue weighted by atomic mass is 9.96. The van der Waals surface area contributed by atoms with E-state index in [1.807, 2.05) is 19.1 Å². The normalized spacial score (nSPS) is 18.2. The van der Waals surface area contributed by atoms with Gasteiger partial charge in [-0.2, -0.15) is 4.98 Å². The summed E-state index contributed by atoms with van der Waals surface area (Å²) < 4.78 is 0. The Bertz CT molecular complexity index is 751. The Morgan fingerprint density at radius 3 is 2.52 bits per heavy atom. The van der Waals surface area contributed by atoms with Crippen molar-refractivity contribution in [1.82, 2.24) is 9.97 Å². The van der Waals surface area contributed by atoms with Crippen LogP contribution in [0.2, 0.25) is 5.02 Å². The van der Waals surface area contributed by atoms with Crippen molar-refractivity contribution in [2.24, 2.45) is 0 Å². The predicted molar refractivity (Wildman–Crippen MR) is 104 cm³/mol. The lowest BCUT2D eigenvalue weighted by molar-refractivity contribution is 0.460. The summed E-state index contributed by atoms with van der Waals surface area (Å²) in [4.78, 5) is 9.48. The molecule has 132 valence electrons. The number of benzene rings is 1. The van der Waals surface area contributed by atoms with Crippen LogP contribution in [0.4, 0.5) is 17.5 Å². The first-order valence-electron chi connectivity index (χ1n) is 9.36. The minimum Gasteiger partial charge on any atom is -0.351 e. The van der Waals surface area contributed by atoms with Gasteiger partial charge in [0.1, 0.15) is 5.82 Å². The monoisotopic (exact) mass is 356 g/mol. The van der Waals surface area contributed by atoms with E-state index < -0.39 is 0 Å². The summed E-state index contributed by atoms with van der Waals surface area (Å²) in [5.74, 6) is 2.16. The Hall–Kier alpha value is -1.81. The van der Waals surface area contributed by atoms with Gasteiger partial charge in [-0.05, 0) is 50.3 Å². The van der Waals surface area contributed by atoms with Gasteiger partial charge in [0.15, 0.2) is 0 Å². The Morgan fingerprint density at radius 2 is 1.80 bits per heavy atom. The van der Waals surface area contributed by atoms with Crippen LogP contribution in [0.15, 0.2) is 24.3 Å². The molecule has 1 heterocycles. The van der Waals surface area contributed by atoms with E-state index in [-0.39, 0.29) is 0 Å². The van der Waals surface area contributed by atoms with E-state index >= 15 is 0 Å². The zero-order chi connectivity index (χ0) is 17.2. The van der Waals surface area contributed by atoms with Crippen molar-refractivity contribution >= 4 is 29.1 Å². The van der Waals surface area contributed by atoms with Gasteiger partial charge in [-0.25, -0.2) is 4.98 Å². The fraction of sp³-hybridized carbons (Fsp3) is 0.500. The van der Waals surface area contributed by atoms with Gasteiger partial charge in [0.25, 0.3) is 0 Å². The number of halogens is 1. The second-order valence-corrected chi connectivity index (χ2v) is 7.77. The number of hydrogen-bond donors (Lipinski definition) is 2. The van der Waals surface area contributed by atoms with E-state index in [4.69, 9.17) is 21.6 Å². The molecule has 0 saturated heterocycles. The molecule has 2 aliphatic carbocycles. The molecule has 2 saturated carbocycles. The van der Waals surface area contributed by atoms with Gasteiger partial charge in [-0.1, -0.05) is 36.9 Å². The summed E-state index contributed by atoms with van der Waals surface area (Å²) in [7, 11) is 0. The lowest BCUT2D eigenvalue weighted by Gasteiger charge is -2.23. The number of nitrogens with one attached hydrogen (secondary N) is 2. The first-order valence-corrected chi connectivity index (χ1v) is 9.74. The van der Waals surface area contributed by atoms with Crippen molar-refractivity contribution in [2.75, 3.05) is 10.6 Å². The molecule has 4 nitrogen and oxygen atoms in total. The van der Waals surface area contributed by atoms with Gasteiger partial charge >= 0.3 is 0 Å². The highest BCUT2D eigenvalue weighted by Crippen LogP contribution is 2.40. The topological polar surface area (TPSA) is 49.8 Å². The van der Waals surface area contributed by atoms with Crippen LogP contribution in [0.1, 0.15) is 62.1 Å². The summed E-state index contributed by atoms with van der Waals surface area (Å²) in [5, 5.41) is 7.65. The van der Waals surface area contributed by atoms with Crippen molar-refractivity contribution in [1.29, 1.82) is 0 Å².